The number of carbonyl (C=O) groups excluding carboxylic acids is 1. The molecule has 0 aliphatic carbocycles. The second-order valence-corrected chi connectivity index (χ2v) is 9.25. The molecule has 0 N–H and O–H groups in total. The number of hydrogen-bond donors (Lipinski definition) is 0. The molecular formula is C18H16BrF2NO4S. The van der Waals surface area contributed by atoms with Gasteiger partial charge in [-0.1, -0.05) is 22.0 Å². The molecule has 0 unspecified atom stereocenters. The fourth-order valence-electron chi connectivity index (χ4n) is 2.90. The van der Waals surface area contributed by atoms with Crippen LogP contribution in [-0.2, 0) is 9.84 Å². The molecule has 1 fully saturated rings. The van der Waals surface area contributed by atoms with E-state index in [1.54, 1.807) is 12.1 Å². The standard InChI is InChI=1S/C18H16BrF2NO4S/c19-12-4-6-13(7-5-12)27(24,25)14-8-10-22(11-9-14)18(23)26-17-15(20)2-1-3-16(17)21/h1-7,14H,8-11H2. The number of ether oxygens (including phenoxy) is 1. The van der Waals surface area contributed by atoms with Gasteiger partial charge in [-0.3, -0.25) is 0 Å². The summed E-state index contributed by atoms with van der Waals surface area (Å²) in [5.74, 6) is -2.71. The van der Waals surface area contributed by atoms with Crippen molar-refractivity contribution in [1.29, 1.82) is 0 Å². The van der Waals surface area contributed by atoms with Crippen LogP contribution in [-0.4, -0.2) is 37.8 Å². The molecule has 0 atom stereocenters. The number of para-hydroxylation sites is 1. The van der Waals surface area contributed by atoms with Gasteiger partial charge in [-0.2, -0.15) is 0 Å². The van der Waals surface area contributed by atoms with Crippen molar-refractivity contribution in [2.75, 3.05) is 13.1 Å². The first-order valence-electron chi connectivity index (χ1n) is 8.19. The second-order valence-electron chi connectivity index (χ2n) is 6.10. The first-order chi connectivity index (χ1) is 12.8. The van der Waals surface area contributed by atoms with Gasteiger partial charge in [0.15, 0.2) is 21.5 Å². The predicted molar refractivity (Wildman–Crippen MR) is 98.3 cm³/mol. The number of rotatable bonds is 3. The monoisotopic (exact) mass is 459 g/mol. The van der Waals surface area contributed by atoms with E-state index in [9.17, 15) is 22.0 Å². The molecule has 1 amide bonds. The van der Waals surface area contributed by atoms with Gasteiger partial charge in [0.1, 0.15) is 0 Å². The van der Waals surface area contributed by atoms with Gasteiger partial charge in [0.2, 0.25) is 5.75 Å². The predicted octanol–water partition coefficient (Wildman–Crippen LogP) is 4.16. The average molecular weight is 460 g/mol. The zero-order valence-electron chi connectivity index (χ0n) is 14.1. The number of halogens is 3. The van der Waals surface area contributed by atoms with Crippen LogP contribution >= 0.6 is 15.9 Å². The number of carbonyl (C=O) groups is 1. The topological polar surface area (TPSA) is 63.7 Å². The number of likely N-dealkylation sites (tertiary alicyclic amines) is 1. The van der Waals surface area contributed by atoms with Crippen molar-refractivity contribution in [3.63, 3.8) is 0 Å². The zero-order chi connectivity index (χ0) is 19.6. The summed E-state index contributed by atoms with van der Waals surface area (Å²) in [5, 5.41) is -0.632. The lowest BCUT2D eigenvalue weighted by Gasteiger charge is -2.31. The van der Waals surface area contributed by atoms with Gasteiger partial charge in [0.05, 0.1) is 10.1 Å². The molecule has 0 radical (unpaired) electrons. The van der Waals surface area contributed by atoms with Gasteiger partial charge < -0.3 is 9.64 Å². The molecule has 2 aromatic carbocycles. The van der Waals surface area contributed by atoms with E-state index in [0.29, 0.717) is 0 Å². The Balaban J connectivity index is 1.64. The summed E-state index contributed by atoms with van der Waals surface area (Å²) in [4.78, 5) is 13.6. The van der Waals surface area contributed by atoms with Crippen LogP contribution in [0.4, 0.5) is 13.6 Å². The molecule has 1 aliphatic heterocycles. The Hall–Kier alpha value is -2.00. The summed E-state index contributed by atoms with van der Waals surface area (Å²) in [7, 11) is -3.52. The SMILES string of the molecule is O=C(Oc1c(F)cccc1F)N1CCC(S(=O)(=O)c2ccc(Br)cc2)CC1. The first kappa shape index (κ1) is 19.8. The summed E-state index contributed by atoms with van der Waals surface area (Å²) in [6, 6.07) is 9.51. The largest absolute Gasteiger partial charge is 0.415 e. The summed E-state index contributed by atoms with van der Waals surface area (Å²) < 4.78 is 58.2. The van der Waals surface area contributed by atoms with Crippen molar-refractivity contribution in [3.8, 4) is 5.75 Å². The Kier molecular flexibility index (Phi) is 5.81. The van der Waals surface area contributed by atoms with Gasteiger partial charge >= 0.3 is 6.09 Å². The Bertz CT molecular complexity index is 922. The minimum atomic E-state index is -3.52. The van der Waals surface area contributed by atoms with E-state index >= 15 is 0 Å². The van der Waals surface area contributed by atoms with Crippen molar-refractivity contribution in [2.45, 2.75) is 23.0 Å². The molecule has 1 saturated heterocycles. The van der Waals surface area contributed by atoms with E-state index in [4.69, 9.17) is 4.74 Å². The molecule has 3 rings (SSSR count). The molecular weight excluding hydrogens is 444 g/mol. The third kappa shape index (κ3) is 4.30. The Morgan fingerprint density at radius 3 is 2.15 bits per heavy atom. The molecule has 9 heteroatoms. The molecule has 2 aromatic rings. The van der Waals surface area contributed by atoms with E-state index in [1.807, 2.05) is 0 Å². The highest BCUT2D eigenvalue weighted by molar-refractivity contribution is 9.10. The van der Waals surface area contributed by atoms with Crippen LogP contribution in [0.5, 0.6) is 5.75 Å². The first-order valence-corrected chi connectivity index (χ1v) is 10.5. The quantitative estimate of drug-likeness (QED) is 0.690. The molecule has 5 nitrogen and oxygen atoms in total. The summed E-state index contributed by atoms with van der Waals surface area (Å²) in [5.41, 5.74) is 0. The fraction of sp³-hybridized carbons (Fsp3) is 0.278. The second kappa shape index (κ2) is 7.93. The van der Waals surface area contributed by atoms with Crippen LogP contribution in [0.15, 0.2) is 51.8 Å². The molecule has 1 heterocycles. The third-order valence-corrected chi connectivity index (χ3v) is 7.20. The van der Waals surface area contributed by atoms with Crippen LogP contribution in [0.3, 0.4) is 0 Å². The summed E-state index contributed by atoms with van der Waals surface area (Å²) >= 11 is 3.26. The van der Waals surface area contributed by atoms with Gasteiger partial charge in [-0.25, -0.2) is 22.0 Å². The van der Waals surface area contributed by atoms with Crippen LogP contribution < -0.4 is 4.74 Å². The molecule has 1 aliphatic rings. The highest BCUT2D eigenvalue weighted by Crippen LogP contribution is 2.27. The Labute approximate surface area is 164 Å². The Morgan fingerprint density at radius 1 is 1.04 bits per heavy atom. The third-order valence-electron chi connectivity index (χ3n) is 4.39. The number of benzene rings is 2. The number of piperidine rings is 1. The lowest BCUT2D eigenvalue weighted by Crippen LogP contribution is -2.43. The number of amides is 1. The summed E-state index contributed by atoms with van der Waals surface area (Å²) in [6.45, 7) is 0.241. The van der Waals surface area contributed by atoms with E-state index < -0.39 is 38.6 Å². The maximum atomic E-state index is 13.6. The molecule has 27 heavy (non-hydrogen) atoms. The maximum Gasteiger partial charge on any atom is 0.415 e. The highest BCUT2D eigenvalue weighted by atomic mass is 79.9. The van der Waals surface area contributed by atoms with E-state index in [1.165, 1.54) is 23.1 Å². The lowest BCUT2D eigenvalue weighted by molar-refractivity contribution is 0.139. The van der Waals surface area contributed by atoms with Crippen molar-refractivity contribution >= 4 is 31.9 Å². The van der Waals surface area contributed by atoms with E-state index in [0.717, 1.165) is 16.6 Å². The van der Waals surface area contributed by atoms with Gasteiger partial charge in [-0.15, -0.1) is 0 Å². The zero-order valence-corrected chi connectivity index (χ0v) is 16.5. The molecule has 0 spiro atoms. The minimum Gasteiger partial charge on any atom is -0.404 e. The van der Waals surface area contributed by atoms with Crippen LogP contribution in [0.2, 0.25) is 0 Å². The van der Waals surface area contributed by atoms with Crippen molar-refractivity contribution < 1.29 is 26.7 Å². The van der Waals surface area contributed by atoms with Crippen LogP contribution in [0.1, 0.15) is 12.8 Å². The highest BCUT2D eigenvalue weighted by Gasteiger charge is 2.33. The van der Waals surface area contributed by atoms with Crippen molar-refractivity contribution in [2.24, 2.45) is 0 Å². The van der Waals surface area contributed by atoms with Gasteiger partial charge in [0.25, 0.3) is 0 Å². The maximum absolute atomic E-state index is 13.6. The normalized spacial score (nSPS) is 15.6. The molecule has 0 aromatic heterocycles. The minimum absolute atomic E-state index is 0.120. The Morgan fingerprint density at radius 2 is 1.59 bits per heavy atom. The number of sulfone groups is 1. The molecule has 0 bridgehead atoms. The number of hydrogen-bond acceptors (Lipinski definition) is 4. The van der Waals surface area contributed by atoms with Gasteiger partial charge in [0, 0.05) is 17.6 Å². The van der Waals surface area contributed by atoms with Crippen molar-refractivity contribution in [3.05, 3.63) is 58.6 Å². The summed E-state index contributed by atoms with van der Waals surface area (Å²) in [6.07, 6.45) is -0.473. The smallest absolute Gasteiger partial charge is 0.404 e. The lowest BCUT2D eigenvalue weighted by atomic mass is 10.1. The molecule has 144 valence electrons. The van der Waals surface area contributed by atoms with Gasteiger partial charge in [-0.05, 0) is 49.2 Å². The molecule has 0 saturated carbocycles. The van der Waals surface area contributed by atoms with Crippen molar-refractivity contribution in [1.82, 2.24) is 4.90 Å². The average Bonchev–Trinajstić information content (AvgIpc) is 2.65. The van der Waals surface area contributed by atoms with E-state index in [-0.39, 0.29) is 30.8 Å². The van der Waals surface area contributed by atoms with Crippen LogP contribution in [0, 0.1) is 11.6 Å². The number of nitrogens with zero attached hydrogens (tertiary/aromatic N) is 1. The van der Waals surface area contributed by atoms with Crippen LogP contribution in [0.25, 0.3) is 0 Å². The van der Waals surface area contributed by atoms with E-state index in [2.05, 4.69) is 15.9 Å². The fourth-order valence-corrected chi connectivity index (χ4v) is 4.89.